The lowest BCUT2D eigenvalue weighted by Crippen LogP contribution is -2.45. The standard InChI is InChI=1S/C10H12ClN3O3/c1-10(2,12)9(15)13-6-4-3-5-7(8(6)11)14(16)17/h3-5H,12H2,1-2H3,(H,13,15). The SMILES string of the molecule is CC(C)(N)C(=O)Nc1cccc([N+](=O)[O-])c1Cl. The zero-order chi connectivity index (χ0) is 13.2. The fraction of sp³-hybridized carbons (Fsp3) is 0.300. The first kappa shape index (κ1) is 13.4. The van der Waals surface area contributed by atoms with Gasteiger partial charge in [0.2, 0.25) is 5.91 Å². The Labute approximate surface area is 103 Å². The molecule has 0 aliphatic rings. The number of benzene rings is 1. The number of nitrogens with zero attached hydrogens (tertiary/aromatic N) is 1. The molecule has 0 atom stereocenters. The maximum atomic E-state index is 11.6. The van der Waals surface area contributed by atoms with Gasteiger partial charge in [0.1, 0.15) is 5.02 Å². The van der Waals surface area contributed by atoms with Crippen molar-refractivity contribution >= 4 is 28.9 Å². The Morgan fingerprint density at radius 3 is 2.59 bits per heavy atom. The first-order valence-electron chi connectivity index (χ1n) is 4.76. The van der Waals surface area contributed by atoms with Crippen LogP contribution in [0.3, 0.4) is 0 Å². The number of nitro benzene ring substituents is 1. The van der Waals surface area contributed by atoms with Crippen LogP contribution < -0.4 is 11.1 Å². The number of carbonyl (C=O) groups excluding carboxylic acids is 1. The normalized spacial score (nSPS) is 11.1. The molecule has 1 amide bonds. The Kier molecular flexibility index (Phi) is 3.69. The van der Waals surface area contributed by atoms with Crippen LogP contribution in [0.2, 0.25) is 5.02 Å². The summed E-state index contributed by atoms with van der Waals surface area (Å²) < 4.78 is 0. The lowest BCUT2D eigenvalue weighted by molar-refractivity contribution is -0.384. The summed E-state index contributed by atoms with van der Waals surface area (Å²) >= 11 is 5.80. The third kappa shape index (κ3) is 3.15. The van der Waals surface area contributed by atoms with Gasteiger partial charge in [-0.25, -0.2) is 0 Å². The average Bonchev–Trinajstić information content (AvgIpc) is 2.19. The van der Waals surface area contributed by atoms with Crippen LogP contribution in [-0.2, 0) is 4.79 Å². The zero-order valence-corrected chi connectivity index (χ0v) is 10.1. The van der Waals surface area contributed by atoms with Crippen LogP contribution in [0.25, 0.3) is 0 Å². The van der Waals surface area contributed by atoms with Crippen molar-refractivity contribution in [2.24, 2.45) is 5.73 Å². The van der Waals surface area contributed by atoms with Gasteiger partial charge in [-0.05, 0) is 19.9 Å². The summed E-state index contributed by atoms with van der Waals surface area (Å²) in [6, 6.07) is 4.16. The third-order valence-electron chi connectivity index (χ3n) is 2.01. The second-order valence-electron chi connectivity index (χ2n) is 4.07. The Morgan fingerprint density at radius 1 is 1.53 bits per heavy atom. The summed E-state index contributed by atoms with van der Waals surface area (Å²) in [7, 11) is 0. The van der Waals surface area contributed by atoms with Gasteiger partial charge in [-0.1, -0.05) is 17.7 Å². The van der Waals surface area contributed by atoms with E-state index in [1.165, 1.54) is 32.0 Å². The first-order chi connectivity index (χ1) is 7.73. The topological polar surface area (TPSA) is 98.3 Å². The monoisotopic (exact) mass is 257 g/mol. The molecule has 0 aromatic heterocycles. The molecule has 0 unspecified atom stereocenters. The highest BCUT2D eigenvalue weighted by atomic mass is 35.5. The Bertz CT molecular complexity index is 468. The molecule has 6 nitrogen and oxygen atoms in total. The van der Waals surface area contributed by atoms with Gasteiger partial charge in [-0.2, -0.15) is 0 Å². The van der Waals surface area contributed by atoms with E-state index in [2.05, 4.69) is 5.32 Å². The van der Waals surface area contributed by atoms with Crippen LogP contribution in [-0.4, -0.2) is 16.4 Å². The van der Waals surface area contributed by atoms with Crippen LogP contribution in [0.15, 0.2) is 18.2 Å². The summed E-state index contributed by atoms with van der Waals surface area (Å²) in [4.78, 5) is 21.6. The molecule has 0 spiro atoms. The predicted molar refractivity (Wildman–Crippen MR) is 65.0 cm³/mol. The van der Waals surface area contributed by atoms with E-state index in [0.29, 0.717) is 0 Å². The van der Waals surface area contributed by atoms with Crippen LogP contribution >= 0.6 is 11.6 Å². The molecule has 1 aromatic rings. The van der Waals surface area contributed by atoms with Crippen molar-refractivity contribution in [2.75, 3.05) is 5.32 Å². The summed E-state index contributed by atoms with van der Waals surface area (Å²) in [5.41, 5.74) is 4.40. The van der Waals surface area contributed by atoms with E-state index in [1.807, 2.05) is 0 Å². The molecular formula is C10H12ClN3O3. The molecule has 0 aliphatic carbocycles. The number of halogens is 1. The van der Waals surface area contributed by atoms with Crippen LogP contribution in [0, 0.1) is 10.1 Å². The van der Waals surface area contributed by atoms with E-state index in [0.717, 1.165) is 0 Å². The number of amides is 1. The molecule has 0 saturated heterocycles. The van der Waals surface area contributed by atoms with Gasteiger partial charge in [0.05, 0.1) is 16.1 Å². The minimum absolute atomic E-state index is 0.116. The summed E-state index contributed by atoms with van der Waals surface area (Å²) in [6.07, 6.45) is 0. The number of hydrogen-bond acceptors (Lipinski definition) is 4. The van der Waals surface area contributed by atoms with E-state index >= 15 is 0 Å². The molecule has 3 N–H and O–H groups in total. The average molecular weight is 258 g/mol. The molecule has 0 bridgehead atoms. The Morgan fingerprint density at radius 2 is 2.12 bits per heavy atom. The zero-order valence-electron chi connectivity index (χ0n) is 9.36. The number of rotatable bonds is 3. The van der Waals surface area contributed by atoms with E-state index in [-0.39, 0.29) is 16.4 Å². The number of nitrogens with two attached hydrogens (primary N) is 1. The second kappa shape index (κ2) is 4.68. The Hall–Kier alpha value is -1.66. The van der Waals surface area contributed by atoms with Crippen molar-refractivity contribution < 1.29 is 9.72 Å². The second-order valence-corrected chi connectivity index (χ2v) is 4.45. The van der Waals surface area contributed by atoms with Crippen LogP contribution in [0.4, 0.5) is 11.4 Å². The molecule has 1 aromatic carbocycles. The highest BCUT2D eigenvalue weighted by Crippen LogP contribution is 2.31. The molecule has 0 heterocycles. The number of carbonyl (C=O) groups is 1. The number of anilines is 1. The molecule has 7 heteroatoms. The van der Waals surface area contributed by atoms with Crippen molar-refractivity contribution in [2.45, 2.75) is 19.4 Å². The molecule has 0 radical (unpaired) electrons. The molecular weight excluding hydrogens is 246 g/mol. The first-order valence-corrected chi connectivity index (χ1v) is 5.14. The van der Waals surface area contributed by atoms with Gasteiger partial charge < -0.3 is 11.1 Å². The summed E-state index contributed by atoms with van der Waals surface area (Å²) in [5, 5.41) is 13.0. The lowest BCUT2D eigenvalue weighted by atomic mass is 10.1. The van der Waals surface area contributed by atoms with E-state index in [1.54, 1.807) is 0 Å². The van der Waals surface area contributed by atoms with Gasteiger partial charge in [0.15, 0.2) is 0 Å². The lowest BCUT2D eigenvalue weighted by Gasteiger charge is -2.18. The fourth-order valence-corrected chi connectivity index (χ4v) is 1.28. The van der Waals surface area contributed by atoms with Crippen LogP contribution in [0.1, 0.15) is 13.8 Å². The molecule has 0 aliphatic heterocycles. The molecule has 17 heavy (non-hydrogen) atoms. The minimum atomic E-state index is -1.09. The largest absolute Gasteiger partial charge is 0.323 e. The van der Waals surface area contributed by atoms with E-state index < -0.39 is 16.4 Å². The number of nitro groups is 1. The predicted octanol–water partition coefficient (Wildman–Crippen LogP) is 1.92. The highest BCUT2D eigenvalue weighted by Gasteiger charge is 2.24. The van der Waals surface area contributed by atoms with Crippen molar-refractivity contribution in [3.8, 4) is 0 Å². The smallest absolute Gasteiger partial charge is 0.290 e. The van der Waals surface area contributed by atoms with Gasteiger partial charge in [0.25, 0.3) is 5.69 Å². The summed E-state index contributed by atoms with van der Waals surface area (Å²) in [6.45, 7) is 3.04. The van der Waals surface area contributed by atoms with Gasteiger partial charge >= 0.3 is 0 Å². The van der Waals surface area contributed by atoms with Gasteiger partial charge in [0, 0.05) is 6.07 Å². The molecule has 1 rings (SSSR count). The minimum Gasteiger partial charge on any atom is -0.323 e. The van der Waals surface area contributed by atoms with E-state index in [9.17, 15) is 14.9 Å². The van der Waals surface area contributed by atoms with Crippen molar-refractivity contribution in [1.82, 2.24) is 0 Å². The third-order valence-corrected chi connectivity index (χ3v) is 2.41. The highest BCUT2D eigenvalue weighted by molar-refractivity contribution is 6.35. The Balaban J connectivity index is 3.05. The van der Waals surface area contributed by atoms with Crippen molar-refractivity contribution in [1.29, 1.82) is 0 Å². The van der Waals surface area contributed by atoms with Gasteiger partial charge in [-0.3, -0.25) is 14.9 Å². The quantitative estimate of drug-likeness (QED) is 0.638. The maximum absolute atomic E-state index is 11.6. The molecule has 92 valence electrons. The fourth-order valence-electron chi connectivity index (χ4n) is 1.04. The molecule has 0 saturated carbocycles. The van der Waals surface area contributed by atoms with Crippen molar-refractivity contribution in [3.63, 3.8) is 0 Å². The number of nitrogens with one attached hydrogen (secondary N) is 1. The number of hydrogen-bond donors (Lipinski definition) is 2. The van der Waals surface area contributed by atoms with Gasteiger partial charge in [-0.15, -0.1) is 0 Å². The maximum Gasteiger partial charge on any atom is 0.290 e. The van der Waals surface area contributed by atoms with E-state index in [4.69, 9.17) is 17.3 Å². The van der Waals surface area contributed by atoms with Crippen LogP contribution in [0.5, 0.6) is 0 Å². The summed E-state index contributed by atoms with van der Waals surface area (Å²) in [5.74, 6) is -0.472. The molecule has 0 fully saturated rings. The van der Waals surface area contributed by atoms with Crippen molar-refractivity contribution in [3.05, 3.63) is 33.3 Å².